The zero-order valence-electron chi connectivity index (χ0n) is 16.1. The van der Waals surface area contributed by atoms with Gasteiger partial charge in [0, 0.05) is 32.7 Å². The van der Waals surface area contributed by atoms with Crippen LogP contribution in [0.3, 0.4) is 0 Å². The number of nitrogens with zero attached hydrogens (tertiary/aromatic N) is 1. The van der Waals surface area contributed by atoms with E-state index in [1.807, 2.05) is 0 Å². The van der Waals surface area contributed by atoms with Crippen molar-refractivity contribution >= 4 is 34.8 Å². The molecule has 0 aliphatic carbocycles. The molecule has 0 aromatic heterocycles. The van der Waals surface area contributed by atoms with Crippen LogP contribution in [0.5, 0.6) is 5.75 Å². The highest BCUT2D eigenvalue weighted by Gasteiger charge is 2.14. The Morgan fingerprint density at radius 2 is 1.78 bits per heavy atom. The van der Waals surface area contributed by atoms with Gasteiger partial charge >= 0.3 is 0 Å². The van der Waals surface area contributed by atoms with Crippen molar-refractivity contribution in [1.29, 1.82) is 0 Å². The quantitative estimate of drug-likeness (QED) is 0.545. The van der Waals surface area contributed by atoms with E-state index >= 15 is 0 Å². The summed E-state index contributed by atoms with van der Waals surface area (Å²) in [5.74, 6) is 1.29. The molecule has 1 heterocycles. The van der Waals surface area contributed by atoms with Crippen LogP contribution in [0.2, 0.25) is 0 Å². The van der Waals surface area contributed by atoms with Gasteiger partial charge in [-0.2, -0.15) is 0 Å². The van der Waals surface area contributed by atoms with E-state index in [4.69, 9.17) is 4.74 Å². The predicted molar refractivity (Wildman–Crippen MR) is 115 cm³/mol. The average Bonchev–Trinajstić information content (AvgIpc) is 2.60. The minimum atomic E-state index is -3.45. The molecule has 1 saturated heterocycles. The van der Waals surface area contributed by atoms with E-state index in [0.717, 1.165) is 45.6 Å². The molecule has 0 amide bonds. The maximum absolute atomic E-state index is 12.3. The van der Waals surface area contributed by atoms with E-state index in [1.54, 1.807) is 24.3 Å². The van der Waals surface area contributed by atoms with Crippen molar-refractivity contribution in [2.75, 3.05) is 45.9 Å². The van der Waals surface area contributed by atoms with Crippen molar-refractivity contribution < 1.29 is 13.2 Å². The summed E-state index contributed by atoms with van der Waals surface area (Å²) in [6.07, 6.45) is 1.80. The van der Waals surface area contributed by atoms with Crippen LogP contribution in [0.4, 0.5) is 0 Å². The third-order valence-electron chi connectivity index (χ3n) is 4.25. The summed E-state index contributed by atoms with van der Waals surface area (Å²) in [5.41, 5.74) is 0. The van der Waals surface area contributed by atoms with E-state index < -0.39 is 10.0 Å². The van der Waals surface area contributed by atoms with Gasteiger partial charge in [0.15, 0.2) is 0 Å². The molecule has 0 radical (unpaired) electrons. The molecule has 9 heteroatoms. The lowest BCUT2D eigenvalue weighted by molar-refractivity contribution is 0.239. The number of sulfonamides is 1. The zero-order chi connectivity index (χ0) is 18.1. The summed E-state index contributed by atoms with van der Waals surface area (Å²) in [6.45, 7) is 10.4. The van der Waals surface area contributed by atoms with Crippen LogP contribution >= 0.6 is 24.8 Å². The van der Waals surface area contributed by atoms with Gasteiger partial charge in [-0.3, -0.25) is 0 Å². The molecule has 1 aromatic carbocycles. The molecule has 0 spiro atoms. The van der Waals surface area contributed by atoms with Gasteiger partial charge in [0.1, 0.15) is 5.75 Å². The van der Waals surface area contributed by atoms with E-state index in [0.29, 0.717) is 24.8 Å². The molecule has 6 nitrogen and oxygen atoms in total. The third kappa shape index (κ3) is 9.96. The van der Waals surface area contributed by atoms with Crippen molar-refractivity contribution in [2.24, 2.45) is 5.92 Å². The fraction of sp³-hybridized carbons (Fsp3) is 0.667. The topological polar surface area (TPSA) is 70.7 Å². The lowest BCUT2D eigenvalue weighted by Gasteiger charge is -2.27. The molecule has 0 bridgehead atoms. The van der Waals surface area contributed by atoms with Crippen LogP contribution in [0.15, 0.2) is 29.2 Å². The van der Waals surface area contributed by atoms with Gasteiger partial charge in [-0.15, -0.1) is 24.8 Å². The van der Waals surface area contributed by atoms with E-state index in [-0.39, 0.29) is 29.7 Å². The average molecular weight is 442 g/mol. The first-order valence-corrected chi connectivity index (χ1v) is 10.6. The van der Waals surface area contributed by atoms with E-state index in [2.05, 4.69) is 28.8 Å². The highest BCUT2D eigenvalue weighted by Crippen LogP contribution is 2.16. The van der Waals surface area contributed by atoms with Gasteiger partial charge in [-0.1, -0.05) is 13.8 Å². The Labute approximate surface area is 176 Å². The van der Waals surface area contributed by atoms with Gasteiger partial charge in [0.2, 0.25) is 10.0 Å². The maximum atomic E-state index is 12.3. The Hall–Kier alpha value is -0.570. The van der Waals surface area contributed by atoms with Gasteiger partial charge in [0.25, 0.3) is 0 Å². The Kier molecular flexibility index (Phi) is 13.3. The minimum Gasteiger partial charge on any atom is -0.494 e. The number of hydrogen-bond donors (Lipinski definition) is 2. The van der Waals surface area contributed by atoms with Crippen molar-refractivity contribution in [3.8, 4) is 5.75 Å². The molecule has 1 aliphatic rings. The van der Waals surface area contributed by atoms with Crippen molar-refractivity contribution in [2.45, 2.75) is 31.6 Å². The van der Waals surface area contributed by atoms with Crippen LogP contribution in [-0.2, 0) is 10.0 Å². The summed E-state index contributed by atoms with van der Waals surface area (Å²) < 4.78 is 33.0. The Bertz CT molecular complexity index is 607. The largest absolute Gasteiger partial charge is 0.494 e. The molecule has 1 aromatic rings. The number of nitrogens with one attached hydrogen (secondary N) is 2. The molecule has 27 heavy (non-hydrogen) atoms. The van der Waals surface area contributed by atoms with E-state index in [9.17, 15) is 8.42 Å². The highest BCUT2D eigenvalue weighted by molar-refractivity contribution is 7.89. The SMILES string of the molecule is CC(C)CCOc1ccc(S(=O)(=O)NCCCN2CCNCC2)cc1.Cl.Cl. The first-order chi connectivity index (χ1) is 12.0. The number of halogens is 2. The molecule has 0 saturated carbocycles. The summed E-state index contributed by atoms with van der Waals surface area (Å²) in [4.78, 5) is 2.64. The number of hydrogen-bond acceptors (Lipinski definition) is 5. The molecular weight excluding hydrogens is 409 g/mol. The Balaban J connectivity index is 0.00000338. The first-order valence-electron chi connectivity index (χ1n) is 9.13. The number of rotatable bonds is 10. The fourth-order valence-electron chi connectivity index (χ4n) is 2.65. The number of ether oxygens (including phenoxy) is 1. The second-order valence-corrected chi connectivity index (χ2v) is 8.61. The molecule has 158 valence electrons. The second-order valence-electron chi connectivity index (χ2n) is 6.85. The zero-order valence-corrected chi connectivity index (χ0v) is 18.6. The van der Waals surface area contributed by atoms with Crippen molar-refractivity contribution in [3.05, 3.63) is 24.3 Å². The highest BCUT2D eigenvalue weighted by atomic mass is 35.5. The molecular formula is C18H33Cl2N3O3S. The first kappa shape index (κ1) is 26.4. The van der Waals surface area contributed by atoms with Crippen LogP contribution < -0.4 is 14.8 Å². The van der Waals surface area contributed by atoms with Crippen molar-refractivity contribution in [3.63, 3.8) is 0 Å². The summed E-state index contributed by atoms with van der Waals surface area (Å²) in [5, 5.41) is 3.31. The van der Waals surface area contributed by atoms with Gasteiger partial charge < -0.3 is 15.0 Å². The van der Waals surface area contributed by atoms with Crippen LogP contribution in [0.25, 0.3) is 0 Å². The minimum absolute atomic E-state index is 0. The molecule has 0 unspecified atom stereocenters. The molecule has 1 aliphatic heterocycles. The standard InChI is InChI=1S/C18H31N3O3S.2ClH/c1-16(2)8-15-24-17-4-6-18(7-5-17)25(22,23)20-9-3-12-21-13-10-19-11-14-21;;/h4-7,16,19-20H,3,8-15H2,1-2H3;2*1H. The van der Waals surface area contributed by atoms with Gasteiger partial charge in [0.05, 0.1) is 11.5 Å². The third-order valence-corrected chi connectivity index (χ3v) is 5.73. The van der Waals surface area contributed by atoms with Crippen LogP contribution in [0.1, 0.15) is 26.7 Å². The van der Waals surface area contributed by atoms with Crippen molar-refractivity contribution in [1.82, 2.24) is 14.9 Å². The lowest BCUT2D eigenvalue weighted by atomic mass is 10.1. The molecule has 2 N–H and O–H groups in total. The maximum Gasteiger partial charge on any atom is 0.240 e. The number of benzene rings is 1. The monoisotopic (exact) mass is 441 g/mol. The summed E-state index contributed by atoms with van der Waals surface area (Å²) in [7, 11) is -3.45. The smallest absolute Gasteiger partial charge is 0.240 e. The van der Waals surface area contributed by atoms with Crippen LogP contribution in [0, 0.1) is 5.92 Å². The Morgan fingerprint density at radius 1 is 1.15 bits per heavy atom. The number of piperazine rings is 1. The van der Waals surface area contributed by atoms with E-state index in [1.165, 1.54) is 0 Å². The summed E-state index contributed by atoms with van der Waals surface area (Å²) >= 11 is 0. The molecule has 0 atom stereocenters. The van der Waals surface area contributed by atoms with Gasteiger partial charge in [-0.05, 0) is 49.6 Å². The normalized spacial score (nSPS) is 15.1. The predicted octanol–water partition coefficient (Wildman–Crippen LogP) is 2.53. The molecule has 2 rings (SSSR count). The van der Waals surface area contributed by atoms with Gasteiger partial charge in [-0.25, -0.2) is 13.1 Å². The van der Waals surface area contributed by atoms with Crippen LogP contribution in [-0.4, -0.2) is 59.2 Å². The molecule has 1 fully saturated rings. The summed E-state index contributed by atoms with van der Waals surface area (Å²) in [6, 6.07) is 6.64. The lowest BCUT2D eigenvalue weighted by Crippen LogP contribution is -2.44. The fourth-order valence-corrected chi connectivity index (χ4v) is 3.73. The Morgan fingerprint density at radius 3 is 2.37 bits per heavy atom. The second kappa shape index (κ2) is 13.6.